The minimum atomic E-state index is -4.09. The molecule has 2 atom stereocenters. The number of carbonyl (C=O) groups excluding carboxylic acids is 1. The summed E-state index contributed by atoms with van der Waals surface area (Å²) in [4.78, 5) is 12.3. The van der Waals surface area contributed by atoms with Crippen LogP contribution in [0.1, 0.15) is 29.8 Å². The maximum Gasteiger partial charge on any atom is 0.338 e. The van der Waals surface area contributed by atoms with Crippen LogP contribution in [0.2, 0.25) is 0 Å². The van der Waals surface area contributed by atoms with Crippen molar-refractivity contribution < 1.29 is 31.6 Å². The van der Waals surface area contributed by atoms with Crippen molar-refractivity contribution in [1.82, 2.24) is 0 Å². The van der Waals surface area contributed by atoms with Gasteiger partial charge >= 0.3 is 5.97 Å². The molecular formula is C21H24O7S. The summed E-state index contributed by atoms with van der Waals surface area (Å²) in [6.45, 7) is 5.10. The van der Waals surface area contributed by atoms with Gasteiger partial charge in [-0.3, -0.25) is 4.18 Å². The summed E-state index contributed by atoms with van der Waals surface area (Å²) in [5, 5.41) is 0. The molecule has 0 unspecified atom stereocenters. The van der Waals surface area contributed by atoms with Crippen LogP contribution in [-0.2, 0) is 28.5 Å². The molecule has 2 aromatic rings. The van der Waals surface area contributed by atoms with E-state index >= 15 is 0 Å². The molecule has 8 heteroatoms. The lowest BCUT2D eigenvalue weighted by Gasteiger charge is -2.24. The zero-order valence-electron chi connectivity index (χ0n) is 16.5. The quantitative estimate of drug-likeness (QED) is 0.502. The van der Waals surface area contributed by atoms with Crippen LogP contribution in [0, 0.1) is 6.92 Å². The first-order valence-electron chi connectivity index (χ1n) is 9.20. The molecule has 7 nitrogen and oxygen atoms in total. The number of aryl methyl sites for hydroxylation is 1. The van der Waals surface area contributed by atoms with Crippen LogP contribution < -0.4 is 0 Å². The summed E-state index contributed by atoms with van der Waals surface area (Å²) in [6.07, 6.45) is -1.77. The summed E-state index contributed by atoms with van der Waals surface area (Å²) in [6, 6.07) is 14.7. The average molecular weight is 420 g/mol. The fourth-order valence-electron chi connectivity index (χ4n) is 2.83. The van der Waals surface area contributed by atoms with Crippen LogP contribution in [0.25, 0.3) is 0 Å². The molecular weight excluding hydrogens is 396 g/mol. The summed E-state index contributed by atoms with van der Waals surface area (Å²) >= 11 is 0. The fraction of sp³-hybridized carbons (Fsp3) is 0.381. The van der Waals surface area contributed by atoms with E-state index < -0.39 is 34.1 Å². The third-order valence-electron chi connectivity index (χ3n) is 4.39. The monoisotopic (exact) mass is 420 g/mol. The highest BCUT2D eigenvalue weighted by Gasteiger charge is 2.41. The molecule has 0 aromatic heterocycles. The Morgan fingerprint density at radius 2 is 1.79 bits per heavy atom. The molecule has 1 heterocycles. The van der Waals surface area contributed by atoms with E-state index in [1.807, 2.05) is 6.92 Å². The topological polar surface area (TPSA) is 88.1 Å². The third-order valence-corrected chi connectivity index (χ3v) is 5.74. The molecule has 0 spiro atoms. The van der Waals surface area contributed by atoms with E-state index in [1.54, 1.807) is 56.3 Å². The van der Waals surface area contributed by atoms with Crippen LogP contribution in [0.15, 0.2) is 59.5 Å². The minimum absolute atomic E-state index is 0.0145. The van der Waals surface area contributed by atoms with E-state index in [1.165, 1.54) is 12.1 Å². The lowest BCUT2D eigenvalue weighted by atomic mass is 10.2. The summed E-state index contributed by atoms with van der Waals surface area (Å²) in [7, 11) is -4.09. The van der Waals surface area contributed by atoms with Crippen LogP contribution in [0.4, 0.5) is 0 Å². The Balaban J connectivity index is 1.76. The molecule has 1 saturated heterocycles. The second-order valence-corrected chi connectivity index (χ2v) is 8.81. The molecule has 2 aromatic carbocycles. The van der Waals surface area contributed by atoms with Gasteiger partial charge in [-0.2, -0.15) is 8.42 Å². The molecule has 0 radical (unpaired) electrons. The van der Waals surface area contributed by atoms with Gasteiger partial charge in [0.1, 0.15) is 18.8 Å². The van der Waals surface area contributed by atoms with E-state index in [-0.39, 0.29) is 18.1 Å². The van der Waals surface area contributed by atoms with Crippen molar-refractivity contribution in [3.8, 4) is 0 Å². The van der Waals surface area contributed by atoms with Gasteiger partial charge in [-0.1, -0.05) is 35.9 Å². The number of rotatable bonds is 7. The van der Waals surface area contributed by atoms with Crippen molar-refractivity contribution in [3.05, 3.63) is 65.7 Å². The van der Waals surface area contributed by atoms with Crippen molar-refractivity contribution in [1.29, 1.82) is 0 Å². The van der Waals surface area contributed by atoms with E-state index in [0.717, 1.165) is 5.56 Å². The van der Waals surface area contributed by atoms with Crippen molar-refractivity contribution in [2.45, 2.75) is 43.7 Å². The smallest absolute Gasteiger partial charge is 0.338 e. The minimum Gasteiger partial charge on any atom is -0.459 e. The Hall–Kier alpha value is -2.26. The zero-order chi connectivity index (χ0) is 21.1. The van der Waals surface area contributed by atoms with Crippen LogP contribution in [0.3, 0.4) is 0 Å². The summed E-state index contributed by atoms with van der Waals surface area (Å²) in [5.74, 6) is -1.46. The maximum absolute atomic E-state index is 12.7. The highest BCUT2D eigenvalue weighted by molar-refractivity contribution is 7.86. The van der Waals surface area contributed by atoms with Gasteiger partial charge in [0.25, 0.3) is 10.1 Å². The molecule has 0 aliphatic carbocycles. The van der Waals surface area contributed by atoms with Crippen LogP contribution in [0.5, 0.6) is 0 Å². The van der Waals surface area contributed by atoms with Crippen LogP contribution in [-0.4, -0.2) is 45.6 Å². The fourth-order valence-corrected chi connectivity index (χ4v) is 3.92. The number of hydrogen-bond acceptors (Lipinski definition) is 7. The first kappa shape index (κ1) is 21.4. The molecule has 3 rings (SSSR count). The zero-order valence-corrected chi connectivity index (χ0v) is 17.3. The molecule has 156 valence electrons. The third kappa shape index (κ3) is 5.63. The first-order chi connectivity index (χ1) is 13.7. The maximum atomic E-state index is 12.7. The number of hydrogen-bond donors (Lipinski definition) is 0. The molecule has 0 amide bonds. The molecule has 29 heavy (non-hydrogen) atoms. The summed E-state index contributed by atoms with van der Waals surface area (Å²) < 4.78 is 47.5. The van der Waals surface area contributed by atoms with Gasteiger partial charge in [-0.25, -0.2) is 4.79 Å². The second kappa shape index (κ2) is 8.62. The van der Waals surface area contributed by atoms with Crippen molar-refractivity contribution in [2.24, 2.45) is 0 Å². The Bertz CT molecular complexity index is 937. The van der Waals surface area contributed by atoms with Crippen LogP contribution >= 0.6 is 0 Å². The molecule has 0 N–H and O–H groups in total. The van der Waals surface area contributed by atoms with Gasteiger partial charge in [-0.05, 0) is 45.0 Å². The van der Waals surface area contributed by atoms with Gasteiger partial charge in [0.2, 0.25) is 0 Å². The largest absolute Gasteiger partial charge is 0.459 e. The van der Waals surface area contributed by atoms with Gasteiger partial charge in [0.05, 0.1) is 17.1 Å². The Morgan fingerprint density at radius 1 is 1.14 bits per heavy atom. The lowest BCUT2D eigenvalue weighted by molar-refractivity contribution is -0.151. The molecule has 1 aliphatic heterocycles. The molecule has 0 bridgehead atoms. The van der Waals surface area contributed by atoms with E-state index in [4.69, 9.17) is 18.4 Å². The predicted octanol–water partition coefficient (Wildman–Crippen LogP) is 3.08. The Morgan fingerprint density at radius 3 is 2.38 bits per heavy atom. The van der Waals surface area contributed by atoms with E-state index in [0.29, 0.717) is 5.56 Å². The highest BCUT2D eigenvalue weighted by atomic mass is 32.2. The lowest BCUT2D eigenvalue weighted by Crippen LogP contribution is -2.38. The van der Waals surface area contributed by atoms with Crippen molar-refractivity contribution in [3.63, 3.8) is 0 Å². The second-order valence-electron chi connectivity index (χ2n) is 7.23. The number of carbonyl (C=O) groups is 1. The van der Waals surface area contributed by atoms with E-state index in [9.17, 15) is 13.2 Å². The highest BCUT2D eigenvalue weighted by Crippen LogP contribution is 2.27. The molecule has 1 aliphatic rings. The average Bonchev–Trinajstić information content (AvgIpc) is 3.05. The van der Waals surface area contributed by atoms with Gasteiger partial charge < -0.3 is 14.2 Å². The molecule has 0 saturated carbocycles. The SMILES string of the molecule is Cc1ccc(S(=O)(=O)O[C@@H](COC(=O)c2ccccc2)[C@@H]2COC(C)(C)O2)cc1. The van der Waals surface area contributed by atoms with Crippen molar-refractivity contribution >= 4 is 16.1 Å². The number of esters is 1. The van der Waals surface area contributed by atoms with Gasteiger partial charge in [-0.15, -0.1) is 0 Å². The van der Waals surface area contributed by atoms with Gasteiger partial charge in [0, 0.05) is 0 Å². The predicted molar refractivity (Wildman–Crippen MR) is 105 cm³/mol. The van der Waals surface area contributed by atoms with Crippen molar-refractivity contribution in [2.75, 3.05) is 13.2 Å². The standard InChI is InChI=1S/C21H24O7S/c1-15-9-11-17(12-10-15)29(23,24)28-19(18-14-26-21(2,3)27-18)13-25-20(22)16-7-5-4-6-8-16/h4-12,18-19H,13-14H2,1-3H3/t18-,19-/m0/s1. The summed E-state index contributed by atoms with van der Waals surface area (Å²) in [5.41, 5.74) is 1.28. The Labute approximate surface area is 170 Å². The van der Waals surface area contributed by atoms with Gasteiger partial charge in [0.15, 0.2) is 5.79 Å². The van der Waals surface area contributed by atoms with E-state index in [2.05, 4.69) is 0 Å². The first-order valence-corrected chi connectivity index (χ1v) is 10.6. The number of benzene rings is 2. The Kier molecular flexibility index (Phi) is 6.38. The number of ether oxygens (including phenoxy) is 3. The molecule has 1 fully saturated rings. The normalized spacial score (nSPS) is 19.6.